The normalized spacial score (nSPS) is 19.7. The van der Waals surface area contributed by atoms with E-state index in [9.17, 15) is 9.59 Å². The minimum atomic E-state index is -0.946. The zero-order chi connectivity index (χ0) is 14.7. The maximum absolute atomic E-state index is 12.3. The Morgan fingerprint density at radius 2 is 2.20 bits per heavy atom. The lowest BCUT2D eigenvalue weighted by Gasteiger charge is -2.25. The van der Waals surface area contributed by atoms with Gasteiger partial charge >= 0.3 is 5.97 Å². The maximum atomic E-state index is 12.3. The highest BCUT2D eigenvalue weighted by atomic mass is 16.5. The van der Waals surface area contributed by atoms with Crippen LogP contribution in [-0.4, -0.2) is 40.6 Å². The highest BCUT2D eigenvalue weighted by molar-refractivity contribution is 5.87. The Kier molecular flexibility index (Phi) is 4.27. The summed E-state index contributed by atoms with van der Waals surface area (Å²) in [6.07, 6.45) is 0.551. The van der Waals surface area contributed by atoms with Crippen molar-refractivity contribution in [3.63, 3.8) is 0 Å². The molecule has 0 bridgehead atoms. The molecular formula is C15H19NO4. The molecule has 5 heteroatoms. The second kappa shape index (κ2) is 5.94. The van der Waals surface area contributed by atoms with E-state index in [0.29, 0.717) is 18.7 Å². The molecule has 2 atom stereocenters. The third kappa shape index (κ3) is 3.10. The van der Waals surface area contributed by atoms with Gasteiger partial charge in [-0.2, -0.15) is 0 Å². The van der Waals surface area contributed by atoms with E-state index < -0.39 is 18.1 Å². The number of carboxylic acids is 1. The summed E-state index contributed by atoms with van der Waals surface area (Å²) in [5.74, 6) is -0.591. The van der Waals surface area contributed by atoms with E-state index in [2.05, 4.69) is 0 Å². The molecule has 1 heterocycles. The lowest BCUT2D eigenvalue weighted by Crippen LogP contribution is -2.46. The minimum Gasteiger partial charge on any atom is -0.481 e. The lowest BCUT2D eigenvalue weighted by atomic mass is 10.2. The van der Waals surface area contributed by atoms with Gasteiger partial charge in [0.15, 0.2) is 6.10 Å². The second-order valence-corrected chi connectivity index (χ2v) is 5.10. The molecule has 0 radical (unpaired) electrons. The SMILES string of the molecule is Cc1cccc(OC(C)C(=O)N2CCC[C@@H]2C(=O)O)c1. The van der Waals surface area contributed by atoms with Crippen LogP contribution < -0.4 is 4.74 Å². The molecule has 1 N–H and O–H groups in total. The number of amides is 1. The van der Waals surface area contributed by atoms with E-state index in [1.807, 2.05) is 25.1 Å². The molecule has 1 aliphatic heterocycles. The van der Waals surface area contributed by atoms with E-state index in [1.54, 1.807) is 13.0 Å². The smallest absolute Gasteiger partial charge is 0.326 e. The number of aryl methyl sites for hydroxylation is 1. The molecule has 1 amide bonds. The Hall–Kier alpha value is -2.04. The van der Waals surface area contributed by atoms with Gasteiger partial charge in [-0.1, -0.05) is 12.1 Å². The van der Waals surface area contributed by atoms with E-state index in [1.165, 1.54) is 4.90 Å². The molecule has 2 rings (SSSR count). The van der Waals surface area contributed by atoms with Crippen molar-refractivity contribution in [3.8, 4) is 5.75 Å². The van der Waals surface area contributed by atoms with Crippen molar-refractivity contribution in [3.05, 3.63) is 29.8 Å². The summed E-state index contributed by atoms with van der Waals surface area (Å²) >= 11 is 0. The number of nitrogens with zero attached hydrogens (tertiary/aromatic N) is 1. The first-order valence-corrected chi connectivity index (χ1v) is 6.75. The monoisotopic (exact) mass is 277 g/mol. The quantitative estimate of drug-likeness (QED) is 0.912. The number of carboxylic acid groups (broad SMARTS) is 1. The first-order chi connectivity index (χ1) is 9.49. The van der Waals surface area contributed by atoms with Crippen LogP contribution in [0.15, 0.2) is 24.3 Å². The topological polar surface area (TPSA) is 66.8 Å². The Morgan fingerprint density at radius 1 is 1.45 bits per heavy atom. The number of carbonyl (C=O) groups is 2. The third-order valence-electron chi connectivity index (χ3n) is 3.47. The number of hydrogen-bond acceptors (Lipinski definition) is 3. The third-order valence-corrected chi connectivity index (χ3v) is 3.47. The minimum absolute atomic E-state index is 0.267. The second-order valence-electron chi connectivity index (χ2n) is 5.10. The summed E-state index contributed by atoms with van der Waals surface area (Å²) in [6, 6.07) is 6.72. The van der Waals surface area contributed by atoms with Crippen molar-refractivity contribution in [2.24, 2.45) is 0 Å². The van der Waals surface area contributed by atoms with Crippen LogP contribution in [0.25, 0.3) is 0 Å². The Morgan fingerprint density at radius 3 is 2.85 bits per heavy atom. The van der Waals surface area contributed by atoms with Crippen molar-refractivity contribution in [1.82, 2.24) is 4.90 Å². The van der Waals surface area contributed by atoms with E-state index in [4.69, 9.17) is 9.84 Å². The number of carbonyl (C=O) groups excluding carboxylic acids is 1. The van der Waals surface area contributed by atoms with Gasteiger partial charge < -0.3 is 14.7 Å². The van der Waals surface area contributed by atoms with Gasteiger partial charge in [0.05, 0.1) is 0 Å². The lowest BCUT2D eigenvalue weighted by molar-refractivity contribution is -0.150. The highest BCUT2D eigenvalue weighted by Crippen LogP contribution is 2.20. The zero-order valence-corrected chi connectivity index (χ0v) is 11.7. The predicted octanol–water partition coefficient (Wildman–Crippen LogP) is 1.84. The van der Waals surface area contributed by atoms with Crippen LogP contribution in [0.4, 0.5) is 0 Å². The largest absolute Gasteiger partial charge is 0.481 e. The fraction of sp³-hybridized carbons (Fsp3) is 0.467. The summed E-state index contributed by atoms with van der Waals surface area (Å²) in [5, 5.41) is 9.11. The molecule has 0 aromatic heterocycles. The molecule has 0 spiro atoms. The molecule has 5 nitrogen and oxygen atoms in total. The van der Waals surface area contributed by atoms with Gasteiger partial charge in [0.25, 0.3) is 5.91 Å². The molecule has 1 aromatic rings. The summed E-state index contributed by atoms with van der Waals surface area (Å²) < 4.78 is 5.61. The number of benzene rings is 1. The van der Waals surface area contributed by atoms with Crippen LogP contribution in [-0.2, 0) is 9.59 Å². The van der Waals surface area contributed by atoms with E-state index >= 15 is 0 Å². The average molecular weight is 277 g/mol. The van der Waals surface area contributed by atoms with Crippen molar-refractivity contribution in [2.45, 2.75) is 38.8 Å². The van der Waals surface area contributed by atoms with E-state index in [0.717, 1.165) is 12.0 Å². The molecule has 1 aliphatic rings. The van der Waals surface area contributed by atoms with Crippen molar-refractivity contribution >= 4 is 11.9 Å². The van der Waals surface area contributed by atoms with Crippen LogP contribution in [0.1, 0.15) is 25.3 Å². The Labute approximate surface area is 118 Å². The fourth-order valence-corrected chi connectivity index (χ4v) is 2.46. The fourth-order valence-electron chi connectivity index (χ4n) is 2.46. The van der Waals surface area contributed by atoms with Crippen LogP contribution in [0.5, 0.6) is 5.75 Å². The van der Waals surface area contributed by atoms with Crippen LogP contribution in [0.2, 0.25) is 0 Å². The summed E-state index contributed by atoms with van der Waals surface area (Å²) in [7, 11) is 0. The maximum Gasteiger partial charge on any atom is 0.326 e. The van der Waals surface area contributed by atoms with Crippen LogP contribution in [0, 0.1) is 6.92 Å². The predicted molar refractivity (Wildman–Crippen MR) is 73.6 cm³/mol. The number of aliphatic carboxylic acids is 1. The first-order valence-electron chi connectivity index (χ1n) is 6.75. The van der Waals surface area contributed by atoms with Crippen LogP contribution >= 0.6 is 0 Å². The van der Waals surface area contributed by atoms with Crippen LogP contribution in [0.3, 0.4) is 0 Å². The zero-order valence-electron chi connectivity index (χ0n) is 11.7. The Bertz CT molecular complexity index is 514. The van der Waals surface area contributed by atoms with Gasteiger partial charge in [-0.15, -0.1) is 0 Å². The van der Waals surface area contributed by atoms with Crippen molar-refractivity contribution in [2.75, 3.05) is 6.54 Å². The molecule has 1 fully saturated rings. The summed E-state index contributed by atoms with van der Waals surface area (Å²) in [4.78, 5) is 24.8. The number of hydrogen-bond donors (Lipinski definition) is 1. The molecular weight excluding hydrogens is 258 g/mol. The molecule has 108 valence electrons. The molecule has 0 saturated carbocycles. The Balaban J connectivity index is 2.03. The highest BCUT2D eigenvalue weighted by Gasteiger charge is 2.36. The van der Waals surface area contributed by atoms with Gasteiger partial charge in [-0.3, -0.25) is 4.79 Å². The van der Waals surface area contributed by atoms with Gasteiger partial charge in [0.1, 0.15) is 11.8 Å². The molecule has 1 saturated heterocycles. The van der Waals surface area contributed by atoms with Gasteiger partial charge in [-0.05, 0) is 44.4 Å². The average Bonchev–Trinajstić information content (AvgIpc) is 2.87. The molecule has 1 aromatic carbocycles. The van der Waals surface area contributed by atoms with Crippen molar-refractivity contribution < 1.29 is 19.4 Å². The first kappa shape index (κ1) is 14.4. The van der Waals surface area contributed by atoms with Gasteiger partial charge in [0.2, 0.25) is 0 Å². The standard InChI is InChI=1S/C15H19NO4/c1-10-5-3-6-12(9-10)20-11(2)14(17)16-8-4-7-13(16)15(18)19/h3,5-6,9,11,13H,4,7-8H2,1-2H3,(H,18,19)/t11?,13-/m1/s1. The summed E-state index contributed by atoms with van der Waals surface area (Å²) in [6.45, 7) is 4.08. The van der Waals surface area contributed by atoms with Gasteiger partial charge in [0, 0.05) is 6.54 Å². The number of likely N-dealkylation sites (tertiary alicyclic amines) is 1. The molecule has 20 heavy (non-hydrogen) atoms. The number of rotatable bonds is 4. The van der Waals surface area contributed by atoms with Gasteiger partial charge in [-0.25, -0.2) is 4.79 Å². The van der Waals surface area contributed by atoms with Crippen molar-refractivity contribution in [1.29, 1.82) is 0 Å². The summed E-state index contributed by atoms with van der Waals surface area (Å²) in [5.41, 5.74) is 1.05. The van der Waals surface area contributed by atoms with E-state index in [-0.39, 0.29) is 5.91 Å². The molecule has 0 aliphatic carbocycles. The molecule has 1 unspecified atom stereocenters. The number of ether oxygens (including phenoxy) is 1.